The zero-order chi connectivity index (χ0) is 18.8. The Bertz CT molecular complexity index is 904. The molecule has 1 aliphatic rings. The van der Waals surface area contributed by atoms with Gasteiger partial charge in [0.15, 0.2) is 5.69 Å². The molecule has 0 fully saturated rings. The number of aromatic nitrogens is 2. The molecule has 1 aliphatic heterocycles. The number of nitrogens with zero attached hydrogens (tertiary/aromatic N) is 2. The SMILES string of the molecule is CCC1OCCn2c1nc(C(=O)NCc1ccc(C)c(C)c1)c(O)c2=O. The summed E-state index contributed by atoms with van der Waals surface area (Å²) in [5.74, 6) is -0.817. The van der Waals surface area contributed by atoms with Crippen molar-refractivity contribution in [1.29, 1.82) is 0 Å². The van der Waals surface area contributed by atoms with E-state index in [9.17, 15) is 14.7 Å². The van der Waals surface area contributed by atoms with Gasteiger partial charge in [-0.05, 0) is 37.0 Å². The summed E-state index contributed by atoms with van der Waals surface area (Å²) in [5, 5.41) is 12.9. The van der Waals surface area contributed by atoms with Gasteiger partial charge in [-0.1, -0.05) is 25.1 Å². The second kappa shape index (κ2) is 7.29. The molecule has 3 rings (SSSR count). The predicted octanol–water partition coefficient (Wildman–Crippen LogP) is 1.98. The number of amides is 1. The van der Waals surface area contributed by atoms with Gasteiger partial charge < -0.3 is 15.2 Å². The highest BCUT2D eigenvalue weighted by Gasteiger charge is 2.27. The smallest absolute Gasteiger partial charge is 0.296 e. The quantitative estimate of drug-likeness (QED) is 0.873. The molecule has 0 bridgehead atoms. The van der Waals surface area contributed by atoms with Crippen molar-refractivity contribution in [3.8, 4) is 5.75 Å². The van der Waals surface area contributed by atoms with Gasteiger partial charge in [-0.3, -0.25) is 14.2 Å². The van der Waals surface area contributed by atoms with Crippen LogP contribution in [0, 0.1) is 13.8 Å². The molecule has 0 saturated heterocycles. The van der Waals surface area contributed by atoms with E-state index in [1.807, 2.05) is 39.0 Å². The average Bonchev–Trinajstić information content (AvgIpc) is 2.64. The lowest BCUT2D eigenvalue weighted by molar-refractivity contribution is 0.0113. The van der Waals surface area contributed by atoms with E-state index in [0.29, 0.717) is 25.4 Å². The van der Waals surface area contributed by atoms with E-state index in [4.69, 9.17) is 4.74 Å². The molecule has 0 saturated carbocycles. The minimum atomic E-state index is -0.622. The van der Waals surface area contributed by atoms with E-state index in [1.54, 1.807) is 0 Å². The van der Waals surface area contributed by atoms with E-state index in [2.05, 4.69) is 10.3 Å². The van der Waals surface area contributed by atoms with E-state index in [1.165, 1.54) is 10.1 Å². The van der Waals surface area contributed by atoms with Crippen molar-refractivity contribution in [3.05, 3.63) is 56.8 Å². The van der Waals surface area contributed by atoms with Crippen LogP contribution in [0.2, 0.25) is 0 Å². The van der Waals surface area contributed by atoms with Gasteiger partial charge in [-0.15, -0.1) is 0 Å². The largest absolute Gasteiger partial charge is 0.501 e. The lowest BCUT2D eigenvalue weighted by atomic mass is 10.1. The minimum absolute atomic E-state index is 0.256. The van der Waals surface area contributed by atoms with E-state index in [-0.39, 0.29) is 18.3 Å². The van der Waals surface area contributed by atoms with Crippen molar-refractivity contribution in [2.75, 3.05) is 6.61 Å². The molecule has 138 valence electrons. The van der Waals surface area contributed by atoms with Crippen molar-refractivity contribution in [3.63, 3.8) is 0 Å². The van der Waals surface area contributed by atoms with Crippen LogP contribution in [0.15, 0.2) is 23.0 Å². The fraction of sp³-hybridized carbons (Fsp3) is 0.421. The lowest BCUT2D eigenvalue weighted by Gasteiger charge is -2.26. The molecule has 26 heavy (non-hydrogen) atoms. The van der Waals surface area contributed by atoms with Crippen molar-refractivity contribution < 1.29 is 14.6 Å². The molecule has 1 atom stereocenters. The Morgan fingerprint density at radius 1 is 1.38 bits per heavy atom. The Hall–Kier alpha value is -2.67. The van der Waals surface area contributed by atoms with Gasteiger partial charge in [0.25, 0.3) is 11.5 Å². The van der Waals surface area contributed by atoms with Crippen LogP contribution in [0.3, 0.4) is 0 Å². The van der Waals surface area contributed by atoms with Gasteiger partial charge in [0.05, 0.1) is 13.2 Å². The summed E-state index contributed by atoms with van der Waals surface area (Å²) >= 11 is 0. The Balaban J connectivity index is 1.86. The monoisotopic (exact) mass is 357 g/mol. The molecule has 2 heterocycles. The molecule has 2 aromatic rings. The highest BCUT2D eigenvalue weighted by molar-refractivity contribution is 5.94. The van der Waals surface area contributed by atoms with E-state index < -0.39 is 17.2 Å². The third-order valence-electron chi connectivity index (χ3n) is 4.71. The molecule has 7 nitrogen and oxygen atoms in total. The van der Waals surface area contributed by atoms with Crippen molar-refractivity contribution in [2.45, 2.75) is 46.4 Å². The van der Waals surface area contributed by atoms with Gasteiger partial charge in [-0.25, -0.2) is 4.98 Å². The van der Waals surface area contributed by atoms with E-state index in [0.717, 1.165) is 11.1 Å². The van der Waals surface area contributed by atoms with Gasteiger partial charge in [-0.2, -0.15) is 0 Å². The molecule has 1 unspecified atom stereocenters. The fourth-order valence-electron chi connectivity index (χ4n) is 3.02. The van der Waals surface area contributed by atoms with Crippen molar-refractivity contribution >= 4 is 5.91 Å². The van der Waals surface area contributed by atoms with Crippen LogP contribution in [0.4, 0.5) is 0 Å². The maximum Gasteiger partial charge on any atom is 0.296 e. The summed E-state index contributed by atoms with van der Waals surface area (Å²) in [7, 11) is 0. The fourth-order valence-corrected chi connectivity index (χ4v) is 3.02. The highest BCUT2D eigenvalue weighted by Crippen LogP contribution is 2.24. The second-order valence-electron chi connectivity index (χ2n) is 6.49. The minimum Gasteiger partial charge on any atom is -0.501 e. The first-order valence-corrected chi connectivity index (χ1v) is 8.72. The van der Waals surface area contributed by atoms with Crippen LogP contribution in [0.25, 0.3) is 0 Å². The van der Waals surface area contributed by atoms with Crippen LogP contribution >= 0.6 is 0 Å². The summed E-state index contributed by atoms with van der Waals surface area (Å²) < 4.78 is 6.98. The number of aryl methyl sites for hydroxylation is 2. The molecule has 1 aromatic heterocycles. The lowest BCUT2D eigenvalue weighted by Crippen LogP contribution is -2.36. The van der Waals surface area contributed by atoms with Crippen molar-refractivity contribution in [1.82, 2.24) is 14.9 Å². The molecule has 0 radical (unpaired) electrons. The maximum absolute atomic E-state index is 12.5. The number of nitrogens with one attached hydrogen (secondary N) is 1. The first kappa shape index (κ1) is 18.1. The average molecular weight is 357 g/mol. The number of benzene rings is 1. The Morgan fingerprint density at radius 2 is 2.15 bits per heavy atom. The highest BCUT2D eigenvalue weighted by atomic mass is 16.5. The number of ether oxygens (including phenoxy) is 1. The Kier molecular flexibility index (Phi) is 5.08. The number of carbonyl (C=O) groups excluding carboxylic acids is 1. The summed E-state index contributed by atoms with van der Waals surface area (Å²) in [6.45, 7) is 6.92. The van der Waals surface area contributed by atoms with Crippen molar-refractivity contribution in [2.24, 2.45) is 0 Å². The standard InChI is InChI=1S/C19H23N3O4/c1-4-14-17-21-15(16(23)19(25)22(17)7-8-26-14)18(24)20-10-13-6-5-11(2)12(3)9-13/h5-6,9,14,23H,4,7-8,10H2,1-3H3,(H,20,24). The molecule has 0 aliphatic carbocycles. The van der Waals surface area contributed by atoms with Crippen LogP contribution in [-0.4, -0.2) is 27.2 Å². The Morgan fingerprint density at radius 3 is 2.85 bits per heavy atom. The number of rotatable bonds is 4. The predicted molar refractivity (Wildman–Crippen MR) is 96.2 cm³/mol. The summed E-state index contributed by atoms with van der Waals surface area (Å²) in [5.41, 5.74) is 2.38. The van der Waals surface area contributed by atoms with Crippen LogP contribution in [0.5, 0.6) is 5.75 Å². The van der Waals surface area contributed by atoms with Gasteiger partial charge in [0, 0.05) is 6.54 Å². The Labute approximate surface area is 151 Å². The molecule has 1 aromatic carbocycles. The van der Waals surface area contributed by atoms with Crippen LogP contribution in [-0.2, 0) is 17.8 Å². The molecule has 0 spiro atoms. The first-order chi connectivity index (χ1) is 12.4. The third-order valence-corrected chi connectivity index (χ3v) is 4.71. The zero-order valence-corrected chi connectivity index (χ0v) is 15.2. The summed E-state index contributed by atoms with van der Waals surface area (Å²) in [6.07, 6.45) is 0.268. The van der Waals surface area contributed by atoms with Crippen LogP contribution in [0.1, 0.15) is 52.5 Å². The number of aromatic hydroxyl groups is 1. The maximum atomic E-state index is 12.5. The summed E-state index contributed by atoms with van der Waals surface area (Å²) in [4.78, 5) is 29.1. The van der Waals surface area contributed by atoms with E-state index >= 15 is 0 Å². The molecular weight excluding hydrogens is 334 g/mol. The normalized spacial score (nSPS) is 16.2. The number of carbonyl (C=O) groups is 1. The molecule has 2 N–H and O–H groups in total. The topological polar surface area (TPSA) is 93.5 Å². The number of hydrogen-bond acceptors (Lipinski definition) is 5. The first-order valence-electron chi connectivity index (χ1n) is 8.72. The van der Waals surface area contributed by atoms with Crippen LogP contribution < -0.4 is 10.9 Å². The number of hydrogen-bond donors (Lipinski definition) is 2. The van der Waals surface area contributed by atoms with Gasteiger partial charge in [0.2, 0.25) is 5.75 Å². The number of fused-ring (bicyclic) bond motifs is 1. The summed E-state index contributed by atoms with van der Waals surface area (Å²) in [6, 6.07) is 5.91. The zero-order valence-electron chi connectivity index (χ0n) is 15.2. The second-order valence-corrected chi connectivity index (χ2v) is 6.49. The van der Waals surface area contributed by atoms with Gasteiger partial charge in [0.1, 0.15) is 11.9 Å². The molecule has 7 heteroatoms. The molecular formula is C19H23N3O4. The van der Waals surface area contributed by atoms with Gasteiger partial charge >= 0.3 is 0 Å². The third kappa shape index (κ3) is 3.35. The molecule has 1 amide bonds.